The number of esters is 2. The van der Waals surface area contributed by atoms with Crippen molar-refractivity contribution in [3.05, 3.63) is 41.6 Å². The van der Waals surface area contributed by atoms with Gasteiger partial charge in [0.15, 0.2) is 0 Å². The molecule has 1 aromatic carbocycles. The van der Waals surface area contributed by atoms with Gasteiger partial charge in [0, 0.05) is 39.6 Å². The first kappa shape index (κ1) is 31.4. The minimum Gasteiger partial charge on any atom is -0.475 e. The fourth-order valence-electron chi connectivity index (χ4n) is 4.06. The van der Waals surface area contributed by atoms with Crippen molar-refractivity contribution >= 4 is 29.2 Å². The molecule has 2 heterocycles. The van der Waals surface area contributed by atoms with Gasteiger partial charge in [0.2, 0.25) is 6.73 Å². The molecule has 0 amide bonds. The number of hydrogen-bond acceptors (Lipinski definition) is 9. The number of para-hydroxylation sites is 1. The predicted octanol–water partition coefficient (Wildman–Crippen LogP) is 5.05. The summed E-state index contributed by atoms with van der Waals surface area (Å²) in [5.41, 5.74) is 2.70. The quantitative estimate of drug-likeness (QED) is 0.148. The summed E-state index contributed by atoms with van der Waals surface area (Å²) in [5, 5.41) is 0. The Bertz CT molecular complexity index is 1040. The second-order valence-electron chi connectivity index (χ2n) is 9.60. The van der Waals surface area contributed by atoms with Crippen molar-refractivity contribution in [2.24, 2.45) is 0 Å². The number of nitrogens with zero attached hydrogens (tertiary/aromatic N) is 3. The zero-order valence-electron chi connectivity index (χ0n) is 23.4. The number of hydrogen-bond donors (Lipinski definition) is 0. The van der Waals surface area contributed by atoms with E-state index >= 15 is 0 Å². The lowest BCUT2D eigenvalue weighted by molar-refractivity contribution is -0.919. The standard InChI is InChI=1S/C26H36N3O5S.C2H6O/c1-4-5-6-9-17-32-26-25(27-35-28-26)22-12-10-16-29(3,18-22)19-33-24(31)15-14-21-11-7-8-13-23(21)34-20(2)30;1-3-2/h7-8,11-13H,4-6,9-10,14-19H2,1-3H3;1-2H3/q+1;. The van der Waals surface area contributed by atoms with E-state index in [9.17, 15) is 9.59 Å². The summed E-state index contributed by atoms with van der Waals surface area (Å²) in [6, 6.07) is 7.24. The van der Waals surface area contributed by atoms with E-state index in [1.165, 1.54) is 31.5 Å². The third kappa shape index (κ3) is 10.9. The Morgan fingerprint density at radius 1 is 1.11 bits per heavy atom. The molecule has 0 saturated heterocycles. The van der Waals surface area contributed by atoms with Gasteiger partial charge in [0.1, 0.15) is 18.0 Å². The monoisotopic (exact) mass is 548 g/mol. The fraction of sp³-hybridized carbons (Fsp3) is 0.571. The van der Waals surface area contributed by atoms with Gasteiger partial charge in [0.25, 0.3) is 5.88 Å². The Balaban J connectivity index is 0.00000161. The summed E-state index contributed by atoms with van der Waals surface area (Å²) in [6.45, 7) is 6.05. The normalized spacial score (nSPS) is 16.6. The number of rotatable bonds is 13. The molecule has 210 valence electrons. The van der Waals surface area contributed by atoms with Crippen molar-refractivity contribution in [1.82, 2.24) is 8.75 Å². The molecule has 0 radical (unpaired) electrons. The maximum atomic E-state index is 12.5. The number of likely N-dealkylation sites (N-methyl/N-ethyl adjacent to an activating group) is 1. The molecule has 1 unspecified atom stereocenters. The molecule has 1 aromatic heterocycles. The van der Waals surface area contributed by atoms with Gasteiger partial charge in [-0.15, -0.1) is 4.37 Å². The van der Waals surface area contributed by atoms with Crippen molar-refractivity contribution in [3.63, 3.8) is 0 Å². The molecule has 10 heteroatoms. The smallest absolute Gasteiger partial charge is 0.310 e. The van der Waals surface area contributed by atoms with E-state index in [2.05, 4.69) is 33.5 Å². The van der Waals surface area contributed by atoms with Crippen LogP contribution in [0.25, 0.3) is 5.57 Å². The lowest BCUT2D eigenvalue weighted by Crippen LogP contribution is -2.49. The third-order valence-electron chi connectivity index (χ3n) is 5.97. The zero-order chi connectivity index (χ0) is 27.8. The highest BCUT2D eigenvalue weighted by Gasteiger charge is 2.31. The molecule has 1 atom stereocenters. The van der Waals surface area contributed by atoms with Crippen LogP contribution >= 0.6 is 11.7 Å². The van der Waals surface area contributed by atoms with Crippen LogP contribution in [0.5, 0.6) is 11.6 Å². The Morgan fingerprint density at radius 3 is 2.61 bits per heavy atom. The number of benzene rings is 1. The van der Waals surface area contributed by atoms with Crippen LogP contribution in [0.4, 0.5) is 0 Å². The van der Waals surface area contributed by atoms with Gasteiger partial charge in [-0.05, 0) is 24.5 Å². The van der Waals surface area contributed by atoms with E-state index in [0.29, 0.717) is 35.7 Å². The maximum absolute atomic E-state index is 12.5. The second-order valence-corrected chi connectivity index (χ2v) is 10.1. The summed E-state index contributed by atoms with van der Waals surface area (Å²) < 4.78 is 30.5. The SMILES string of the molecule is CCCCCCOc1nsnc1C1=CCC[N+](C)(COC(=O)CCc2ccccc2OC(C)=O)C1.COC. The van der Waals surface area contributed by atoms with Crippen LogP contribution in [0.3, 0.4) is 0 Å². The van der Waals surface area contributed by atoms with Crippen LogP contribution in [0.2, 0.25) is 0 Å². The number of aromatic nitrogens is 2. The van der Waals surface area contributed by atoms with Crippen molar-refractivity contribution in [1.29, 1.82) is 0 Å². The van der Waals surface area contributed by atoms with Crippen LogP contribution in [0.15, 0.2) is 30.3 Å². The first-order chi connectivity index (χ1) is 18.3. The van der Waals surface area contributed by atoms with Crippen LogP contribution in [-0.2, 0) is 25.5 Å². The molecule has 0 N–H and O–H groups in total. The fourth-order valence-corrected chi connectivity index (χ4v) is 4.59. The van der Waals surface area contributed by atoms with Gasteiger partial charge in [-0.1, -0.05) is 50.5 Å². The molecule has 1 aliphatic rings. The van der Waals surface area contributed by atoms with Gasteiger partial charge >= 0.3 is 11.9 Å². The molecule has 9 nitrogen and oxygen atoms in total. The van der Waals surface area contributed by atoms with E-state index in [1.54, 1.807) is 26.4 Å². The zero-order valence-corrected chi connectivity index (χ0v) is 24.2. The Morgan fingerprint density at radius 2 is 1.87 bits per heavy atom. The minimum absolute atomic E-state index is 0.215. The average molecular weight is 549 g/mol. The van der Waals surface area contributed by atoms with Crippen molar-refractivity contribution in [3.8, 4) is 11.6 Å². The molecule has 2 aromatic rings. The summed E-state index contributed by atoms with van der Waals surface area (Å²) in [6.07, 6.45) is 8.29. The lowest BCUT2D eigenvalue weighted by atomic mass is 10.1. The van der Waals surface area contributed by atoms with Gasteiger partial charge < -0.3 is 18.9 Å². The molecule has 0 fully saturated rings. The molecule has 0 aliphatic carbocycles. The van der Waals surface area contributed by atoms with E-state index < -0.39 is 0 Å². The third-order valence-corrected chi connectivity index (χ3v) is 6.48. The van der Waals surface area contributed by atoms with Gasteiger partial charge in [-0.2, -0.15) is 4.37 Å². The Hall–Kier alpha value is -2.82. The van der Waals surface area contributed by atoms with E-state index in [1.807, 2.05) is 12.1 Å². The van der Waals surface area contributed by atoms with Crippen LogP contribution < -0.4 is 9.47 Å². The second kappa shape index (κ2) is 16.9. The molecular formula is C28H42N3O6S+. The largest absolute Gasteiger partial charge is 0.475 e. The lowest BCUT2D eigenvalue weighted by Gasteiger charge is -2.36. The average Bonchev–Trinajstić information content (AvgIpc) is 3.36. The summed E-state index contributed by atoms with van der Waals surface area (Å²) in [7, 11) is 5.33. The highest BCUT2D eigenvalue weighted by Crippen LogP contribution is 2.30. The number of ether oxygens (including phenoxy) is 4. The maximum Gasteiger partial charge on any atom is 0.310 e. The van der Waals surface area contributed by atoms with Crippen LogP contribution in [0.1, 0.15) is 63.6 Å². The first-order valence-corrected chi connectivity index (χ1v) is 13.8. The van der Waals surface area contributed by atoms with Crippen molar-refractivity contribution < 1.29 is 33.0 Å². The first-order valence-electron chi connectivity index (χ1n) is 13.1. The number of quaternary nitrogens is 1. The summed E-state index contributed by atoms with van der Waals surface area (Å²) in [5.74, 6) is 0.434. The minimum atomic E-state index is -0.383. The molecule has 1 aliphatic heterocycles. The number of unbranched alkanes of at least 4 members (excludes halogenated alkanes) is 3. The molecule has 0 saturated carbocycles. The Labute approximate surface area is 230 Å². The molecule has 3 rings (SSSR count). The predicted molar refractivity (Wildman–Crippen MR) is 148 cm³/mol. The van der Waals surface area contributed by atoms with Gasteiger partial charge in [-0.3, -0.25) is 14.1 Å². The van der Waals surface area contributed by atoms with Crippen molar-refractivity contribution in [2.75, 3.05) is 47.7 Å². The topological polar surface area (TPSA) is 96.8 Å². The van der Waals surface area contributed by atoms with E-state index in [-0.39, 0.29) is 25.1 Å². The highest BCUT2D eigenvalue weighted by atomic mass is 32.1. The highest BCUT2D eigenvalue weighted by molar-refractivity contribution is 6.99. The summed E-state index contributed by atoms with van der Waals surface area (Å²) >= 11 is 1.17. The van der Waals surface area contributed by atoms with Crippen molar-refractivity contribution in [2.45, 2.75) is 58.8 Å². The number of carbonyl (C=O) groups excluding carboxylic acids is 2. The summed E-state index contributed by atoms with van der Waals surface area (Å²) in [4.78, 5) is 23.8. The van der Waals surface area contributed by atoms with E-state index in [0.717, 1.165) is 42.6 Å². The number of methoxy groups -OCH3 is 1. The molecular weight excluding hydrogens is 506 g/mol. The molecule has 0 bridgehead atoms. The number of carbonyl (C=O) groups is 2. The van der Waals surface area contributed by atoms with E-state index in [4.69, 9.17) is 14.2 Å². The van der Waals surface area contributed by atoms with Gasteiger partial charge in [0.05, 0.1) is 31.9 Å². The Kier molecular flexibility index (Phi) is 14.0. The molecule has 0 spiro atoms. The molecule has 38 heavy (non-hydrogen) atoms. The van der Waals surface area contributed by atoms with Crippen LogP contribution in [-0.4, -0.2) is 72.9 Å². The van der Waals surface area contributed by atoms with Crippen LogP contribution in [0, 0.1) is 0 Å². The number of aryl methyl sites for hydroxylation is 1. The van der Waals surface area contributed by atoms with Gasteiger partial charge in [-0.25, -0.2) is 0 Å².